The van der Waals surface area contributed by atoms with Gasteiger partial charge in [0.15, 0.2) is 9.84 Å². The van der Waals surface area contributed by atoms with Crippen LogP contribution in [0, 0.1) is 23.0 Å². The van der Waals surface area contributed by atoms with Crippen molar-refractivity contribution in [3.63, 3.8) is 0 Å². The van der Waals surface area contributed by atoms with E-state index in [2.05, 4.69) is 0 Å². The molecular weight excluding hydrogens is 238 g/mol. The van der Waals surface area contributed by atoms with E-state index >= 15 is 0 Å². The zero-order chi connectivity index (χ0) is 12.5. The van der Waals surface area contributed by atoms with Crippen LogP contribution in [0.25, 0.3) is 0 Å². The maximum Gasteiger partial charge on any atom is 0.200 e. The molecule has 0 saturated heterocycles. The minimum absolute atomic E-state index is 0.224. The van der Waals surface area contributed by atoms with Gasteiger partial charge in [-0.15, -0.1) is 0 Å². The average molecular weight is 246 g/mol. The number of hydrogen-bond acceptors (Lipinski definition) is 4. The van der Waals surface area contributed by atoms with Crippen LogP contribution in [0.4, 0.5) is 14.5 Å². The Hall–Kier alpha value is -1.68. The molecule has 7 heteroatoms. The molecule has 86 valence electrons. The van der Waals surface area contributed by atoms with Gasteiger partial charge in [0.1, 0.15) is 21.8 Å². The molecular formula is C9H8F2N2O2S. The van der Waals surface area contributed by atoms with Crippen LogP contribution in [0.5, 0.6) is 0 Å². The second-order valence-electron chi connectivity index (χ2n) is 3.13. The van der Waals surface area contributed by atoms with Crippen molar-refractivity contribution in [3.8, 4) is 6.07 Å². The Bertz CT molecular complexity index is 540. The SMILES string of the molecule is CC(C#N)S(=O)(=O)c1c(F)cc(N)cc1F. The molecule has 0 aliphatic heterocycles. The number of rotatable bonds is 2. The Kier molecular flexibility index (Phi) is 3.14. The van der Waals surface area contributed by atoms with Crippen LogP contribution in [-0.4, -0.2) is 13.7 Å². The summed E-state index contributed by atoms with van der Waals surface area (Å²) in [4.78, 5) is -1.12. The van der Waals surface area contributed by atoms with E-state index < -0.39 is 31.6 Å². The van der Waals surface area contributed by atoms with Crippen molar-refractivity contribution in [1.82, 2.24) is 0 Å². The fourth-order valence-electron chi connectivity index (χ4n) is 1.10. The zero-order valence-corrected chi connectivity index (χ0v) is 9.05. The molecule has 0 aromatic heterocycles. The molecule has 0 heterocycles. The molecule has 0 amide bonds. The van der Waals surface area contributed by atoms with Gasteiger partial charge in [0.25, 0.3) is 0 Å². The van der Waals surface area contributed by atoms with Gasteiger partial charge in [-0.1, -0.05) is 0 Å². The Morgan fingerprint density at radius 3 is 2.19 bits per heavy atom. The zero-order valence-electron chi connectivity index (χ0n) is 8.24. The number of nitrogens with two attached hydrogens (primary N) is 1. The third kappa shape index (κ3) is 1.97. The Balaban J connectivity index is 3.53. The number of anilines is 1. The van der Waals surface area contributed by atoms with Gasteiger partial charge < -0.3 is 5.73 Å². The molecule has 1 aromatic rings. The topological polar surface area (TPSA) is 84.0 Å². The number of nitriles is 1. The lowest BCUT2D eigenvalue weighted by atomic mass is 10.3. The molecule has 0 bridgehead atoms. The summed E-state index contributed by atoms with van der Waals surface area (Å²) in [5.74, 6) is -2.58. The van der Waals surface area contributed by atoms with Crippen molar-refractivity contribution in [2.24, 2.45) is 0 Å². The number of halogens is 2. The van der Waals surface area contributed by atoms with E-state index in [0.29, 0.717) is 12.1 Å². The van der Waals surface area contributed by atoms with Gasteiger partial charge in [-0.05, 0) is 19.1 Å². The molecule has 1 rings (SSSR count). The second kappa shape index (κ2) is 4.06. The molecule has 16 heavy (non-hydrogen) atoms. The van der Waals surface area contributed by atoms with E-state index in [1.54, 1.807) is 0 Å². The maximum absolute atomic E-state index is 13.3. The number of sulfone groups is 1. The molecule has 1 unspecified atom stereocenters. The van der Waals surface area contributed by atoms with Gasteiger partial charge in [0.05, 0.1) is 6.07 Å². The number of benzene rings is 1. The molecule has 4 nitrogen and oxygen atoms in total. The van der Waals surface area contributed by atoms with E-state index in [0.717, 1.165) is 6.92 Å². The highest BCUT2D eigenvalue weighted by molar-refractivity contribution is 7.92. The van der Waals surface area contributed by atoms with Crippen LogP contribution in [0.2, 0.25) is 0 Å². The van der Waals surface area contributed by atoms with Crippen LogP contribution in [0.3, 0.4) is 0 Å². The summed E-state index contributed by atoms with van der Waals surface area (Å²) < 4.78 is 49.7. The van der Waals surface area contributed by atoms with Crippen LogP contribution in [-0.2, 0) is 9.84 Å². The average Bonchev–Trinajstić information content (AvgIpc) is 2.14. The summed E-state index contributed by atoms with van der Waals surface area (Å²) >= 11 is 0. The summed E-state index contributed by atoms with van der Waals surface area (Å²) in [7, 11) is -4.33. The fourth-order valence-corrected chi connectivity index (χ4v) is 2.25. The van der Waals surface area contributed by atoms with Crippen molar-refractivity contribution in [3.05, 3.63) is 23.8 Å². The summed E-state index contributed by atoms with van der Waals surface area (Å²) in [5, 5.41) is 6.94. The number of nitrogens with zero attached hydrogens (tertiary/aromatic N) is 1. The summed E-state index contributed by atoms with van der Waals surface area (Å²) in [5.41, 5.74) is 4.92. The molecule has 0 aliphatic carbocycles. The Morgan fingerprint density at radius 2 is 1.81 bits per heavy atom. The minimum atomic E-state index is -4.33. The van der Waals surface area contributed by atoms with Crippen LogP contribution >= 0.6 is 0 Å². The highest BCUT2D eigenvalue weighted by Gasteiger charge is 2.30. The van der Waals surface area contributed by atoms with Gasteiger partial charge >= 0.3 is 0 Å². The first-order valence-corrected chi connectivity index (χ1v) is 5.73. The van der Waals surface area contributed by atoms with Crippen LogP contribution in [0.1, 0.15) is 6.92 Å². The Labute approximate surface area is 91.2 Å². The van der Waals surface area contributed by atoms with E-state index in [9.17, 15) is 17.2 Å². The normalized spacial score (nSPS) is 13.1. The van der Waals surface area contributed by atoms with Crippen molar-refractivity contribution < 1.29 is 17.2 Å². The molecule has 0 saturated carbocycles. The first-order valence-electron chi connectivity index (χ1n) is 4.18. The van der Waals surface area contributed by atoms with Gasteiger partial charge in [-0.3, -0.25) is 0 Å². The number of nitrogen functional groups attached to an aromatic ring is 1. The lowest BCUT2D eigenvalue weighted by molar-refractivity contribution is 0.518. The summed E-state index contributed by atoms with van der Waals surface area (Å²) in [6, 6.07) is 2.81. The molecule has 0 spiro atoms. The van der Waals surface area contributed by atoms with Gasteiger partial charge in [0.2, 0.25) is 0 Å². The third-order valence-corrected chi connectivity index (χ3v) is 3.95. The largest absolute Gasteiger partial charge is 0.399 e. The smallest absolute Gasteiger partial charge is 0.200 e. The summed E-state index contributed by atoms with van der Waals surface area (Å²) in [6.45, 7) is 1.05. The van der Waals surface area contributed by atoms with Crippen molar-refractivity contribution in [1.29, 1.82) is 5.26 Å². The standard InChI is InChI=1S/C9H8F2N2O2S/c1-5(4-12)16(14,15)9-7(10)2-6(13)3-8(9)11/h2-3,5H,13H2,1H3. The van der Waals surface area contributed by atoms with E-state index in [-0.39, 0.29) is 5.69 Å². The maximum atomic E-state index is 13.3. The van der Waals surface area contributed by atoms with Crippen molar-refractivity contribution >= 4 is 15.5 Å². The van der Waals surface area contributed by atoms with Crippen molar-refractivity contribution in [2.45, 2.75) is 17.1 Å². The van der Waals surface area contributed by atoms with Crippen LogP contribution < -0.4 is 5.73 Å². The fraction of sp³-hybridized carbons (Fsp3) is 0.222. The van der Waals surface area contributed by atoms with Crippen LogP contribution in [0.15, 0.2) is 17.0 Å². The molecule has 1 atom stereocenters. The molecule has 2 N–H and O–H groups in total. The lowest BCUT2D eigenvalue weighted by Gasteiger charge is -2.08. The second-order valence-corrected chi connectivity index (χ2v) is 5.34. The molecule has 0 fully saturated rings. The highest BCUT2D eigenvalue weighted by Crippen LogP contribution is 2.24. The van der Waals surface area contributed by atoms with E-state index in [1.165, 1.54) is 6.07 Å². The lowest BCUT2D eigenvalue weighted by Crippen LogP contribution is -2.19. The van der Waals surface area contributed by atoms with E-state index in [4.69, 9.17) is 11.0 Å². The summed E-state index contributed by atoms with van der Waals surface area (Å²) in [6.07, 6.45) is 0. The Morgan fingerprint density at radius 1 is 1.38 bits per heavy atom. The monoisotopic (exact) mass is 246 g/mol. The third-order valence-electron chi connectivity index (χ3n) is 1.95. The van der Waals surface area contributed by atoms with Gasteiger partial charge in [-0.2, -0.15) is 5.26 Å². The van der Waals surface area contributed by atoms with Crippen molar-refractivity contribution in [2.75, 3.05) is 5.73 Å². The predicted octanol–water partition coefficient (Wildman–Crippen LogP) is 1.23. The quantitative estimate of drug-likeness (QED) is 0.795. The highest BCUT2D eigenvalue weighted by atomic mass is 32.2. The first kappa shape index (κ1) is 12.4. The molecule has 1 aromatic carbocycles. The first-order chi connectivity index (χ1) is 7.30. The van der Waals surface area contributed by atoms with Gasteiger partial charge in [-0.25, -0.2) is 17.2 Å². The van der Waals surface area contributed by atoms with E-state index in [1.807, 2.05) is 0 Å². The van der Waals surface area contributed by atoms with Gasteiger partial charge in [0, 0.05) is 5.69 Å². The number of hydrogen-bond donors (Lipinski definition) is 1. The predicted molar refractivity (Wildman–Crippen MR) is 53.0 cm³/mol. The minimum Gasteiger partial charge on any atom is -0.399 e. The molecule has 0 radical (unpaired) electrons. The molecule has 0 aliphatic rings.